The number of rotatable bonds is 13. The summed E-state index contributed by atoms with van der Waals surface area (Å²) in [6, 6.07) is 13.2. The van der Waals surface area contributed by atoms with Crippen molar-refractivity contribution < 1.29 is 24.5 Å². The molecule has 0 unspecified atom stereocenters. The first kappa shape index (κ1) is 25.6. The van der Waals surface area contributed by atoms with Gasteiger partial charge in [-0.3, -0.25) is 19.6 Å². The lowest BCUT2D eigenvalue weighted by Crippen LogP contribution is -2.39. The molecule has 3 N–H and O–H groups in total. The predicted molar refractivity (Wildman–Crippen MR) is 128 cm³/mol. The number of para-hydroxylation sites is 2. The lowest BCUT2D eigenvalue weighted by molar-refractivity contribution is -0.145. The van der Waals surface area contributed by atoms with Gasteiger partial charge in [-0.25, -0.2) is 0 Å². The van der Waals surface area contributed by atoms with Crippen molar-refractivity contribution in [1.82, 2.24) is 5.32 Å². The Morgan fingerprint density at radius 2 is 1.48 bits per heavy atom. The molecule has 0 fully saturated rings. The highest BCUT2D eigenvalue weighted by Crippen LogP contribution is 2.13. The fourth-order valence-corrected chi connectivity index (χ4v) is 2.82. The van der Waals surface area contributed by atoms with E-state index in [1.807, 2.05) is 6.92 Å². The summed E-state index contributed by atoms with van der Waals surface area (Å²) in [7, 11) is 0. The first-order chi connectivity index (χ1) is 16.0. The van der Waals surface area contributed by atoms with Crippen LogP contribution in [0.1, 0.15) is 43.7 Å². The standard InChI is InChI=1S/C25H31N3O5/c1-2-3-14-33-25(32)13-12-24(31)28-21(17-26-15-19-8-4-6-10-22(19)29)18-27-16-20-9-5-7-11-23(20)30/h4-11,15-16,21,29-30H,2-3,12-14,17-18H2,1H3,(H,28,31). The Morgan fingerprint density at radius 3 is 2.00 bits per heavy atom. The Bertz CT molecular complexity index is 901. The van der Waals surface area contributed by atoms with E-state index in [4.69, 9.17) is 4.74 Å². The van der Waals surface area contributed by atoms with Crippen molar-refractivity contribution >= 4 is 24.3 Å². The van der Waals surface area contributed by atoms with Gasteiger partial charge in [0.2, 0.25) is 5.91 Å². The number of nitrogens with zero attached hydrogens (tertiary/aromatic N) is 2. The molecule has 0 saturated carbocycles. The number of hydrogen-bond acceptors (Lipinski definition) is 7. The van der Waals surface area contributed by atoms with E-state index in [1.54, 1.807) is 48.5 Å². The minimum absolute atomic E-state index is 0.00454. The van der Waals surface area contributed by atoms with E-state index in [0.29, 0.717) is 17.7 Å². The van der Waals surface area contributed by atoms with Crippen molar-refractivity contribution in [2.24, 2.45) is 9.98 Å². The second kappa shape index (κ2) is 14.4. The maximum absolute atomic E-state index is 12.4. The smallest absolute Gasteiger partial charge is 0.306 e. The average Bonchev–Trinajstić information content (AvgIpc) is 2.80. The molecule has 33 heavy (non-hydrogen) atoms. The number of esters is 1. The van der Waals surface area contributed by atoms with E-state index < -0.39 is 12.0 Å². The maximum Gasteiger partial charge on any atom is 0.306 e. The van der Waals surface area contributed by atoms with E-state index in [0.717, 1.165) is 12.8 Å². The van der Waals surface area contributed by atoms with Crippen LogP contribution in [0.15, 0.2) is 58.5 Å². The van der Waals surface area contributed by atoms with Crippen LogP contribution in [0.3, 0.4) is 0 Å². The molecular weight excluding hydrogens is 422 g/mol. The van der Waals surface area contributed by atoms with Crippen LogP contribution >= 0.6 is 0 Å². The zero-order chi connectivity index (χ0) is 23.9. The minimum Gasteiger partial charge on any atom is -0.507 e. The van der Waals surface area contributed by atoms with Gasteiger partial charge in [-0.05, 0) is 30.7 Å². The SMILES string of the molecule is CCCCOC(=O)CCC(=O)NC(CN=Cc1ccccc1O)CN=Cc1ccccc1O. The number of ether oxygens (including phenoxy) is 1. The quantitative estimate of drug-likeness (QED) is 0.244. The average molecular weight is 454 g/mol. The van der Waals surface area contributed by atoms with E-state index in [9.17, 15) is 19.8 Å². The summed E-state index contributed by atoms with van der Waals surface area (Å²) >= 11 is 0. The van der Waals surface area contributed by atoms with Crippen LogP contribution in [-0.4, -0.2) is 60.3 Å². The molecule has 2 aromatic carbocycles. The highest BCUT2D eigenvalue weighted by molar-refractivity contribution is 5.84. The molecule has 0 bridgehead atoms. The van der Waals surface area contributed by atoms with Gasteiger partial charge in [-0.2, -0.15) is 0 Å². The number of carbonyl (C=O) groups is 2. The summed E-state index contributed by atoms with van der Waals surface area (Å²) < 4.78 is 5.07. The molecule has 0 radical (unpaired) electrons. The second-order valence-electron chi connectivity index (χ2n) is 7.44. The molecule has 0 aliphatic heterocycles. The molecule has 0 aliphatic rings. The normalized spacial score (nSPS) is 12.2. The fourth-order valence-electron chi connectivity index (χ4n) is 2.82. The molecule has 0 heterocycles. The van der Waals surface area contributed by atoms with Gasteiger partial charge >= 0.3 is 5.97 Å². The molecule has 2 aromatic rings. The zero-order valence-corrected chi connectivity index (χ0v) is 18.8. The van der Waals surface area contributed by atoms with Crippen LogP contribution in [0.5, 0.6) is 11.5 Å². The Kier molecular flexibility index (Phi) is 11.2. The molecule has 176 valence electrons. The largest absolute Gasteiger partial charge is 0.507 e. The number of phenols is 2. The number of carbonyl (C=O) groups excluding carboxylic acids is 2. The summed E-state index contributed by atoms with van der Waals surface area (Å²) in [5.41, 5.74) is 1.13. The van der Waals surface area contributed by atoms with Gasteiger partial charge in [0, 0.05) is 30.0 Å². The number of unbranched alkanes of at least 4 members (excludes halogenated alkanes) is 1. The van der Waals surface area contributed by atoms with Crippen molar-refractivity contribution in [3.63, 3.8) is 0 Å². The van der Waals surface area contributed by atoms with Gasteiger partial charge in [0.25, 0.3) is 0 Å². The number of aromatic hydroxyl groups is 2. The summed E-state index contributed by atoms with van der Waals surface area (Å²) in [4.78, 5) is 32.8. The Balaban J connectivity index is 1.95. The van der Waals surface area contributed by atoms with Crippen LogP contribution in [0.2, 0.25) is 0 Å². The van der Waals surface area contributed by atoms with Crippen molar-refractivity contribution in [3.8, 4) is 11.5 Å². The Morgan fingerprint density at radius 1 is 0.939 bits per heavy atom. The summed E-state index contributed by atoms with van der Waals surface area (Å²) in [6.07, 6.45) is 4.80. The predicted octanol–water partition coefficient (Wildman–Crippen LogP) is 3.24. The molecule has 0 aromatic heterocycles. The van der Waals surface area contributed by atoms with Crippen molar-refractivity contribution in [2.75, 3.05) is 19.7 Å². The molecule has 0 saturated heterocycles. The van der Waals surface area contributed by atoms with Crippen LogP contribution in [0.4, 0.5) is 0 Å². The van der Waals surface area contributed by atoms with Gasteiger partial charge in [0.1, 0.15) is 11.5 Å². The van der Waals surface area contributed by atoms with Crippen LogP contribution in [-0.2, 0) is 14.3 Å². The number of phenolic OH excluding ortho intramolecular Hbond substituents is 2. The van der Waals surface area contributed by atoms with E-state index in [2.05, 4.69) is 15.3 Å². The number of amides is 1. The van der Waals surface area contributed by atoms with Gasteiger partial charge in [0.15, 0.2) is 0 Å². The molecule has 1 amide bonds. The highest BCUT2D eigenvalue weighted by Gasteiger charge is 2.13. The molecule has 8 heteroatoms. The summed E-state index contributed by atoms with van der Waals surface area (Å²) in [5.74, 6) is -0.477. The lowest BCUT2D eigenvalue weighted by atomic mass is 10.2. The van der Waals surface area contributed by atoms with E-state index >= 15 is 0 Å². The molecule has 0 aliphatic carbocycles. The number of nitrogens with one attached hydrogen (secondary N) is 1. The number of aliphatic imine (C=N–C) groups is 2. The van der Waals surface area contributed by atoms with Crippen molar-refractivity contribution in [3.05, 3.63) is 59.7 Å². The van der Waals surface area contributed by atoms with E-state index in [-0.39, 0.29) is 43.3 Å². The summed E-state index contributed by atoms with van der Waals surface area (Å²) in [6.45, 7) is 2.81. The Hall–Kier alpha value is -3.68. The number of hydrogen-bond donors (Lipinski definition) is 3. The zero-order valence-electron chi connectivity index (χ0n) is 18.8. The third-order valence-corrected chi connectivity index (χ3v) is 4.67. The van der Waals surface area contributed by atoms with Crippen LogP contribution in [0, 0.1) is 0 Å². The molecule has 0 spiro atoms. The minimum atomic E-state index is -0.433. The van der Waals surface area contributed by atoms with Gasteiger partial charge in [-0.1, -0.05) is 37.6 Å². The lowest BCUT2D eigenvalue weighted by Gasteiger charge is -2.15. The van der Waals surface area contributed by atoms with Crippen LogP contribution < -0.4 is 5.32 Å². The van der Waals surface area contributed by atoms with Crippen LogP contribution in [0.25, 0.3) is 0 Å². The number of benzene rings is 2. The molecule has 0 atom stereocenters. The van der Waals surface area contributed by atoms with Gasteiger partial charge < -0.3 is 20.3 Å². The highest BCUT2D eigenvalue weighted by atomic mass is 16.5. The van der Waals surface area contributed by atoms with Gasteiger partial charge in [-0.15, -0.1) is 0 Å². The third-order valence-electron chi connectivity index (χ3n) is 4.67. The molecule has 8 nitrogen and oxygen atoms in total. The first-order valence-corrected chi connectivity index (χ1v) is 11.0. The first-order valence-electron chi connectivity index (χ1n) is 11.0. The van der Waals surface area contributed by atoms with Crippen molar-refractivity contribution in [2.45, 2.75) is 38.6 Å². The summed E-state index contributed by atoms with van der Waals surface area (Å²) in [5, 5.41) is 22.6. The monoisotopic (exact) mass is 453 g/mol. The fraction of sp³-hybridized carbons (Fsp3) is 0.360. The molecule has 2 rings (SSSR count). The maximum atomic E-state index is 12.4. The van der Waals surface area contributed by atoms with Gasteiger partial charge in [0.05, 0.1) is 32.2 Å². The second-order valence-corrected chi connectivity index (χ2v) is 7.44. The topological polar surface area (TPSA) is 121 Å². The van der Waals surface area contributed by atoms with Crippen molar-refractivity contribution in [1.29, 1.82) is 0 Å². The Labute approximate surface area is 194 Å². The van der Waals surface area contributed by atoms with E-state index in [1.165, 1.54) is 12.4 Å². The third kappa shape index (κ3) is 9.99. The molecular formula is C25H31N3O5.